The van der Waals surface area contributed by atoms with Gasteiger partial charge < -0.3 is 4.98 Å². The first-order chi connectivity index (χ1) is 8.91. The molecule has 0 amide bonds. The highest BCUT2D eigenvalue weighted by Crippen LogP contribution is 2.35. The van der Waals surface area contributed by atoms with Crippen LogP contribution in [0, 0.1) is 0 Å². The van der Waals surface area contributed by atoms with Gasteiger partial charge in [0.15, 0.2) is 0 Å². The van der Waals surface area contributed by atoms with Crippen molar-refractivity contribution in [3.8, 4) is 11.4 Å². The van der Waals surface area contributed by atoms with E-state index in [9.17, 15) is 18.0 Å². The summed E-state index contributed by atoms with van der Waals surface area (Å²) in [4.78, 5) is 17.8. The largest absolute Gasteiger partial charge is 0.417 e. The van der Waals surface area contributed by atoms with Crippen molar-refractivity contribution in [2.45, 2.75) is 19.5 Å². The number of alkyl halides is 3. The van der Waals surface area contributed by atoms with Crippen LogP contribution in [-0.2, 0) is 12.6 Å². The van der Waals surface area contributed by atoms with Gasteiger partial charge in [0.25, 0.3) is 5.56 Å². The smallest absolute Gasteiger partial charge is 0.307 e. The van der Waals surface area contributed by atoms with E-state index in [1.165, 1.54) is 24.3 Å². The van der Waals surface area contributed by atoms with E-state index in [-0.39, 0.29) is 11.4 Å². The van der Waals surface area contributed by atoms with Gasteiger partial charge in [-0.15, -0.1) is 0 Å². The number of nitrogens with one attached hydrogen (secondary N) is 1. The molecule has 0 aliphatic carbocycles. The molecule has 0 saturated heterocycles. The normalized spacial score (nSPS) is 11.6. The quantitative estimate of drug-likeness (QED) is 0.910. The fraction of sp³-hybridized carbons (Fsp3) is 0.231. The minimum absolute atomic E-state index is 0.0581. The van der Waals surface area contributed by atoms with Crippen LogP contribution in [0.15, 0.2) is 35.1 Å². The van der Waals surface area contributed by atoms with Crippen LogP contribution in [0.5, 0.6) is 0 Å². The maximum atomic E-state index is 12.9. The van der Waals surface area contributed by atoms with Crippen molar-refractivity contribution in [3.05, 3.63) is 51.9 Å². The molecule has 0 aliphatic heterocycles. The average Bonchev–Trinajstić information content (AvgIpc) is 2.37. The molecule has 1 N–H and O–H groups in total. The second-order valence-electron chi connectivity index (χ2n) is 3.98. The minimum Gasteiger partial charge on any atom is -0.307 e. The number of aromatic nitrogens is 2. The van der Waals surface area contributed by atoms with Crippen molar-refractivity contribution in [2.75, 3.05) is 0 Å². The Labute approximate surface area is 107 Å². The third-order valence-electron chi connectivity index (χ3n) is 2.64. The summed E-state index contributed by atoms with van der Waals surface area (Å²) >= 11 is 0. The number of benzene rings is 1. The summed E-state index contributed by atoms with van der Waals surface area (Å²) < 4.78 is 38.7. The topological polar surface area (TPSA) is 45.8 Å². The van der Waals surface area contributed by atoms with E-state index >= 15 is 0 Å². The van der Waals surface area contributed by atoms with Gasteiger partial charge in [-0.2, -0.15) is 13.2 Å². The van der Waals surface area contributed by atoms with Crippen LogP contribution >= 0.6 is 0 Å². The second kappa shape index (κ2) is 4.87. The Balaban J connectivity index is 2.66. The number of halogens is 3. The predicted molar refractivity (Wildman–Crippen MR) is 64.7 cm³/mol. The lowest BCUT2D eigenvalue weighted by Gasteiger charge is -2.12. The van der Waals surface area contributed by atoms with Gasteiger partial charge in [0.1, 0.15) is 5.82 Å². The van der Waals surface area contributed by atoms with Gasteiger partial charge in [0.2, 0.25) is 0 Å². The molecule has 2 aromatic rings. The lowest BCUT2D eigenvalue weighted by Crippen LogP contribution is -2.13. The van der Waals surface area contributed by atoms with Crippen LogP contribution in [0.2, 0.25) is 0 Å². The Bertz CT molecular complexity index is 647. The first kappa shape index (κ1) is 13.3. The van der Waals surface area contributed by atoms with Gasteiger partial charge >= 0.3 is 6.18 Å². The number of hydrogen-bond donors (Lipinski definition) is 1. The minimum atomic E-state index is -4.49. The number of aryl methyl sites for hydroxylation is 1. The van der Waals surface area contributed by atoms with Crippen molar-refractivity contribution in [1.29, 1.82) is 0 Å². The molecule has 1 aromatic carbocycles. The maximum Gasteiger partial charge on any atom is 0.417 e. The molecular formula is C13H11F3N2O. The molecule has 6 heteroatoms. The number of rotatable bonds is 2. The molecule has 2 rings (SSSR count). The van der Waals surface area contributed by atoms with Gasteiger partial charge in [-0.05, 0) is 12.5 Å². The van der Waals surface area contributed by atoms with Gasteiger partial charge in [0, 0.05) is 17.3 Å². The fourth-order valence-electron chi connectivity index (χ4n) is 1.75. The van der Waals surface area contributed by atoms with Crippen molar-refractivity contribution in [3.63, 3.8) is 0 Å². The summed E-state index contributed by atoms with van der Waals surface area (Å²) in [6, 6.07) is 6.31. The zero-order valence-corrected chi connectivity index (χ0v) is 10.1. The predicted octanol–water partition coefficient (Wildman–Crippen LogP) is 3.02. The maximum absolute atomic E-state index is 12.9. The van der Waals surface area contributed by atoms with E-state index in [1.807, 2.05) is 0 Å². The van der Waals surface area contributed by atoms with Crippen molar-refractivity contribution >= 4 is 0 Å². The zero-order chi connectivity index (χ0) is 14.0. The highest BCUT2D eigenvalue weighted by atomic mass is 19.4. The van der Waals surface area contributed by atoms with Crippen LogP contribution < -0.4 is 5.56 Å². The monoisotopic (exact) mass is 268 g/mol. The zero-order valence-electron chi connectivity index (χ0n) is 10.1. The number of H-pyrrole nitrogens is 1. The van der Waals surface area contributed by atoms with Crippen molar-refractivity contribution in [2.24, 2.45) is 0 Å². The Hall–Kier alpha value is -2.11. The highest BCUT2D eigenvalue weighted by molar-refractivity contribution is 5.61. The van der Waals surface area contributed by atoms with E-state index < -0.39 is 17.3 Å². The molecule has 3 nitrogen and oxygen atoms in total. The third-order valence-corrected chi connectivity index (χ3v) is 2.64. The van der Waals surface area contributed by atoms with E-state index in [0.29, 0.717) is 12.1 Å². The Morgan fingerprint density at radius 2 is 1.95 bits per heavy atom. The van der Waals surface area contributed by atoms with Crippen LogP contribution in [0.4, 0.5) is 13.2 Å². The summed E-state index contributed by atoms with van der Waals surface area (Å²) in [6.07, 6.45) is -4.01. The average molecular weight is 268 g/mol. The van der Waals surface area contributed by atoms with Gasteiger partial charge in [-0.25, -0.2) is 4.98 Å². The van der Waals surface area contributed by atoms with E-state index in [0.717, 1.165) is 6.07 Å². The Morgan fingerprint density at radius 1 is 1.26 bits per heavy atom. The first-order valence-electron chi connectivity index (χ1n) is 5.68. The number of nitrogens with zero attached hydrogens (tertiary/aromatic N) is 1. The molecule has 19 heavy (non-hydrogen) atoms. The van der Waals surface area contributed by atoms with Crippen molar-refractivity contribution in [1.82, 2.24) is 9.97 Å². The first-order valence-corrected chi connectivity index (χ1v) is 5.68. The summed E-state index contributed by atoms with van der Waals surface area (Å²) in [7, 11) is 0. The number of aromatic amines is 1. The van der Waals surface area contributed by atoms with Gasteiger partial charge in [-0.1, -0.05) is 25.1 Å². The Kier molecular flexibility index (Phi) is 3.42. The molecule has 1 heterocycles. The molecule has 0 radical (unpaired) electrons. The van der Waals surface area contributed by atoms with Crippen LogP contribution in [0.3, 0.4) is 0 Å². The molecule has 0 atom stereocenters. The summed E-state index contributed by atoms with van der Waals surface area (Å²) in [5, 5.41) is 0. The third kappa shape index (κ3) is 2.83. The molecule has 0 unspecified atom stereocenters. The molecule has 0 bridgehead atoms. The second-order valence-corrected chi connectivity index (χ2v) is 3.98. The van der Waals surface area contributed by atoms with Crippen LogP contribution in [-0.4, -0.2) is 9.97 Å². The molecule has 100 valence electrons. The van der Waals surface area contributed by atoms with E-state index in [4.69, 9.17) is 0 Å². The van der Waals surface area contributed by atoms with Crippen LogP contribution in [0.25, 0.3) is 11.4 Å². The molecule has 0 fully saturated rings. The standard InChI is InChI=1S/C13H11F3N2O/c1-2-8-7-11(19)18-12(17-8)9-5-3-4-6-10(9)13(14,15)16/h3-7H,2H2,1H3,(H,17,18,19). The summed E-state index contributed by atoms with van der Waals surface area (Å²) in [6.45, 7) is 1.78. The lowest BCUT2D eigenvalue weighted by atomic mass is 10.1. The fourth-order valence-corrected chi connectivity index (χ4v) is 1.75. The molecular weight excluding hydrogens is 257 g/mol. The number of hydrogen-bond acceptors (Lipinski definition) is 2. The summed E-state index contributed by atoms with van der Waals surface area (Å²) in [5.74, 6) is -0.0581. The van der Waals surface area contributed by atoms with E-state index in [2.05, 4.69) is 9.97 Å². The molecule has 0 aliphatic rings. The van der Waals surface area contributed by atoms with E-state index in [1.54, 1.807) is 6.92 Å². The molecule has 0 saturated carbocycles. The van der Waals surface area contributed by atoms with Crippen LogP contribution in [0.1, 0.15) is 18.2 Å². The lowest BCUT2D eigenvalue weighted by molar-refractivity contribution is -0.137. The highest BCUT2D eigenvalue weighted by Gasteiger charge is 2.33. The summed E-state index contributed by atoms with van der Waals surface area (Å²) in [5.41, 5.74) is -0.941. The van der Waals surface area contributed by atoms with Gasteiger partial charge in [-0.3, -0.25) is 4.79 Å². The Morgan fingerprint density at radius 3 is 2.58 bits per heavy atom. The molecule has 1 aromatic heterocycles. The van der Waals surface area contributed by atoms with Crippen molar-refractivity contribution < 1.29 is 13.2 Å². The van der Waals surface area contributed by atoms with Gasteiger partial charge in [0.05, 0.1) is 5.56 Å². The SMILES string of the molecule is CCc1cc(=O)[nH]c(-c2ccccc2C(F)(F)F)n1. The molecule has 0 spiro atoms.